The number of hydrogen-bond acceptors (Lipinski definition) is 5. The second-order valence-corrected chi connectivity index (χ2v) is 8.20. The highest BCUT2D eigenvalue weighted by Crippen LogP contribution is 2.50. The van der Waals surface area contributed by atoms with Crippen LogP contribution in [0, 0.1) is 11.8 Å². The summed E-state index contributed by atoms with van der Waals surface area (Å²) < 4.78 is 22.9. The molecular weight excluding hydrogens is 343 g/mol. The fourth-order valence-corrected chi connectivity index (χ4v) is 4.87. The SMILES string of the molecule is C=CC(=O)C1CCC(OP(=O)(O)OC2CCC(C(=O)C=C)CC2)CC1. The van der Waals surface area contributed by atoms with Gasteiger partial charge in [-0.1, -0.05) is 13.2 Å². The number of carbonyl (C=O) groups excluding carboxylic acids is 2. The summed E-state index contributed by atoms with van der Waals surface area (Å²) in [6, 6.07) is 0. The second-order valence-electron chi connectivity index (χ2n) is 6.84. The molecule has 7 heteroatoms. The quantitative estimate of drug-likeness (QED) is 0.517. The van der Waals surface area contributed by atoms with Gasteiger partial charge in [0.2, 0.25) is 0 Å². The molecule has 1 N–H and O–H groups in total. The van der Waals surface area contributed by atoms with Crippen LogP contribution in [0.5, 0.6) is 0 Å². The summed E-state index contributed by atoms with van der Waals surface area (Å²) in [5, 5.41) is 0. The zero-order chi connectivity index (χ0) is 18.4. The fourth-order valence-electron chi connectivity index (χ4n) is 3.64. The first-order valence-corrected chi connectivity index (χ1v) is 10.4. The Kier molecular flexibility index (Phi) is 7.32. The summed E-state index contributed by atoms with van der Waals surface area (Å²) in [4.78, 5) is 33.2. The molecule has 2 aliphatic rings. The van der Waals surface area contributed by atoms with Gasteiger partial charge in [-0.2, -0.15) is 0 Å². The van der Waals surface area contributed by atoms with Crippen molar-refractivity contribution in [2.24, 2.45) is 11.8 Å². The van der Waals surface area contributed by atoms with Crippen molar-refractivity contribution in [1.29, 1.82) is 0 Å². The molecule has 2 rings (SSSR count). The molecule has 0 saturated heterocycles. The Bertz CT molecular complexity index is 510. The minimum absolute atomic E-state index is 0.0210. The average Bonchev–Trinajstić information content (AvgIpc) is 2.61. The highest BCUT2D eigenvalue weighted by molar-refractivity contribution is 7.47. The van der Waals surface area contributed by atoms with Gasteiger partial charge in [-0.25, -0.2) is 4.57 Å². The first-order chi connectivity index (χ1) is 11.8. The van der Waals surface area contributed by atoms with Gasteiger partial charge >= 0.3 is 7.82 Å². The van der Waals surface area contributed by atoms with Crippen molar-refractivity contribution >= 4 is 19.4 Å². The summed E-state index contributed by atoms with van der Waals surface area (Å²) in [5.74, 6) is -0.0801. The van der Waals surface area contributed by atoms with Crippen LogP contribution < -0.4 is 0 Å². The van der Waals surface area contributed by atoms with Gasteiger partial charge in [0.1, 0.15) is 0 Å². The zero-order valence-electron chi connectivity index (χ0n) is 14.5. The maximum atomic E-state index is 12.2. The number of carbonyl (C=O) groups is 2. The lowest BCUT2D eigenvalue weighted by molar-refractivity contribution is -0.120. The third kappa shape index (κ3) is 6.00. The monoisotopic (exact) mass is 370 g/mol. The number of rotatable bonds is 8. The van der Waals surface area contributed by atoms with E-state index in [-0.39, 0.29) is 35.6 Å². The predicted octanol–water partition coefficient (Wildman–Crippen LogP) is 3.75. The molecule has 0 radical (unpaired) electrons. The number of hydrogen-bond donors (Lipinski definition) is 1. The summed E-state index contributed by atoms with van der Waals surface area (Å²) >= 11 is 0. The zero-order valence-corrected chi connectivity index (χ0v) is 15.4. The van der Waals surface area contributed by atoms with Gasteiger partial charge in [0, 0.05) is 11.8 Å². The van der Waals surface area contributed by atoms with Crippen molar-refractivity contribution in [3.63, 3.8) is 0 Å². The van der Waals surface area contributed by atoms with E-state index in [9.17, 15) is 19.0 Å². The Morgan fingerprint density at radius 1 is 0.800 bits per heavy atom. The van der Waals surface area contributed by atoms with E-state index in [2.05, 4.69) is 13.2 Å². The van der Waals surface area contributed by atoms with Crippen LogP contribution in [0.15, 0.2) is 25.3 Å². The second kappa shape index (κ2) is 9.04. The van der Waals surface area contributed by atoms with E-state index in [4.69, 9.17) is 9.05 Å². The number of allylic oxidation sites excluding steroid dienone is 2. The summed E-state index contributed by atoms with van der Waals surface area (Å²) in [6.45, 7) is 6.98. The van der Waals surface area contributed by atoms with Crippen molar-refractivity contribution in [3.05, 3.63) is 25.3 Å². The van der Waals surface area contributed by atoms with Gasteiger partial charge in [-0.15, -0.1) is 0 Å². The maximum absolute atomic E-state index is 12.2. The third-order valence-electron chi connectivity index (χ3n) is 5.12. The molecule has 2 fully saturated rings. The molecule has 0 atom stereocenters. The molecule has 0 aromatic carbocycles. The molecular formula is C18H27O6P. The highest BCUT2D eigenvalue weighted by Gasteiger charge is 2.35. The topological polar surface area (TPSA) is 89.9 Å². The van der Waals surface area contributed by atoms with E-state index in [1.807, 2.05) is 0 Å². The van der Waals surface area contributed by atoms with Gasteiger partial charge in [0.15, 0.2) is 11.6 Å². The lowest BCUT2D eigenvalue weighted by Crippen LogP contribution is -2.27. The fraction of sp³-hybridized carbons (Fsp3) is 0.667. The lowest BCUT2D eigenvalue weighted by atomic mass is 9.85. The molecule has 0 aromatic heterocycles. The van der Waals surface area contributed by atoms with E-state index >= 15 is 0 Å². The minimum atomic E-state index is -4.14. The molecule has 0 aliphatic heterocycles. The predicted molar refractivity (Wildman–Crippen MR) is 93.9 cm³/mol. The number of ketones is 2. The summed E-state index contributed by atoms with van der Waals surface area (Å²) in [6.07, 6.45) is 6.66. The third-order valence-corrected chi connectivity index (χ3v) is 6.25. The average molecular weight is 370 g/mol. The maximum Gasteiger partial charge on any atom is 0.472 e. The van der Waals surface area contributed by atoms with E-state index in [1.54, 1.807) is 0 Å². The van der Waals surface area contributed by atoms with Gasteiger partial charge in [-0.3, -0.25) is 18.6 Å². The van der Waals surface area contributed by atoms with E-state index in [0.717, 1.165) is 0 Å². The highest BCUT2D eigenvalue weighted by atomic mass is 31.2. The first kappa shape index (κ1) is 20.2. The van der Waals surface area contributed by atoms with E-state index in [1.165, 1.54) is 12.2 Å². The Balaban J connectivity index is 1.76. The molecule has 140 valence electrons. The summed E-state index contributed by atoms with van der Waals surface area (Å²) in [7, 11) is -4.14. The van der Waals surface area contributed by atoms with Crippen LogP contribution in [-0.4, -0.2) is 28.7 Å². The largest absolute Gasteiger partial charge is 0.472 e. The van der Waals surface area contributed by atoms with Crippen LogP contribution in [-0.2, 0) is 23.2 Å². The Labute approximate surface area is 148 Å². The summed E-state index contributed by atoms with van der Waals surface area (Å²) in [5.41, 5.74) is 0. The Morgan fingerprint density at radius 3 is 1.40 bits per heavy atom. The minimum Gasteiger partial charge on any atom is -0.302 e. The molecule has 0 aromatic rings. The standard InChI is InChI=1S/C18H27O6P/c1-3-17(19)13-5-9-15(10-6-13)23-25(21,22)24-16-11-7-14(8-12-16)18(20)4-2/h3-4,13-16H,1-2,5-12H2,(H,21,22). The molecule has 2 aliphatic carbocycles. The van der Waals surface area contributed by atoms with Gasteiger partial charge in [-0.05, 0) is 63.5 Å². The van der Waals surface area contributed by atoms with Crippen LogP contribution in [0.1, 0.15) is 51.4 Å². The Morgan fingerprint density at radius 2 is 1.12 bits per heavy atom. The van der Waals surface area contributed by atoms with Gasteiger partial charge in [0.25, 0.3) is 0 Å². The van der Waals surface area contributed by atoms with Crippen LogP contribution in [0.25, 0.3) is 0 Å². The van der Waals surface area contributed by atoms with Crippen LogP contribution in [0.3, 0.4) is 0 Å². The number of phosphoric ester groups is 1. The van der Waals surface area contributed by atoms with Crippen molar-refractivity contribution < 1.29 is 28.1 Å². The van der Waals surface area contributed by atoms with Crippen LogP contribution >= 0.6 is 7.82 Å². The van der Waals surface area contributed by atoms with Crippen molar-refractivity contribution in [2.45, 2.75) is 63.6 Å². The molecule has 0 unspecified atom stereocenters. The van der Waals surface area contributed by atoms with Crippen molar-refractivity contribution in [3.8, 4) is 0 Å². The molecule has 0 amide bonds. The molecule has 2 saturated carbocycles. The number of phosphoric acid groups is 1. The van der Waals surface area contributed by atoms with Crippen molar-refractivity contribution in [1.82, 2.24) is 0 Å². The molecule has 0 bridgehead atoms. The normalized spacial score (nSPS) is 32.4. The smallest absolute Gasteiger partial charge is 0.302 e. The van der Waals surface area contributed by atoms with Gasteiger partial charge < -0.3 is 4.89 Å². The molecule has 0 heterocycles. The van der Waals surface area contributed by atoms with E-state index in [0.29, 0.717) is 51.4 Å². The first-order valence-electron chi connectivity index (χ1n) is 8.86. The van der Waals surface area contributed by atoms with E-state index < -0.39 is 7.82 Å². The lowest BCUT2D eigenvalue weighted by Gasteiger charge is -2.31. The van der Waals surface area contributed by atoms with Gasteiger partial charge in [0.05, 0.1) is 12.2 Å². The Hall–Kier alpha value is -1.07. The van der Waals surface area contributed by atoms with Crippen LogP contribution in [0.2, 0.25) is 0 Å². The molecule has 0 spiro atoms. The molecule has 6 nitrogen and oxygen atoms in total. The molecule has 25 heavy (non-hydrogen) atoms. The van der Waals surface area contributed by atoms with Crippen molar-refractivity contribution in [2.75, 3.05) is 0 Å². The van der Waals surface area contributed by atoms with Crippen LogP contribution in [0.4, 0.5) is 0 Å².